The monoisotopic (exact) mass is 424 g/mol. The van der Waals surface area contributed by atoms with Gasteiger partial charge in [-0.05, 0) is 41.5 Å². The lowest BCUT2D eigenvalue weighted by Crippen LogP contribution is -2.20. The molecule has 0 radical (unpaired) electrons. The number of rotatable bonds is 7. The Hall–Kier alpha value is -3.51. The summed E-state index contributed by atoms with van der Waals surface area (Å²) in [6, 6.07) is 20.2. The number of hydrogen-bond donors (Lipinski definition) is 2. The van der Waals surface area contributed by atoms with E-state index in [1.807, 2.05) is 36.4 Å². The fourth-order valence-corrected chi connectivity index (χ4v) is 3.08. The van der Waals surface area contributed by atoms with Crippen LogP contribution in [0.2, 0.25) is 5.02 Å². The normalized spacial score (nSPS) is 10.2. The first-order valence-electron chi connectivity index (χ1n) is 9.19. The molecule has 2 N–H and O–H groups in total. The predicted octanol–water partition coefficient (Wildman–Crippen LogP) is 4.99. The second kappa shape index (κ2) is 9.80. The highest BCUT2D eigenvalue weighted by molar-refractivity contribution is 6.32. The third-order valence-electron chi connectivity index (χ3n) is 4.19. The van der Waals surface area contributed by atoms with Gasteiger partial charge in [-0.3, -0.25) is 9.59 Å². The van der Waals surface area contributed by atoms with E-state index < -0.39 is 0 Å². The molecular formula is C23H21ClN2O4. The van der Waals surface area contributed by atoms with E-state index in [1.54, 1.807) is 30.3 Å². The summed E-state index contributed by atoms with van der Waals surface area (Å²) in [5.74, 6) is 0.302. The van der Waals surface area contributed by atoms with Gasteiger partial charge < -0.3 is 20.1 Å². The van der Waals surface area contributed by atoms with E-state index >= 15 is 0 Å². The first-order valence-corrected chi connectivity index (χ1v) is 9.57. The van der Waals surface area contributed by atoms with Crippen LogP contribution in [-0.4, -0.2) is 25.5 Å². The van der Waals surface area contributed by atoms with Crippen LogP contribution in [0.1, 0.15) is 6.92 Å². The highest BCUT2D eigenvalue weighted by atomic mass is 35.5. The average Bonchev–Trinajstić information content (AvgIpc) is 2.73. The molecule has 0 saturated heterocycles. The Morgan fingerprint density at radius 1 is 0.900 bits per heavy atom. The van der Waals surface area contributed by atoms with E-state index in [2.05, 4.69) is 10.6 Å². The van der Waals surface area contributed by atoms with Gasteiger partial charge in [0, 0.05) is 12.6 Å². The van der Waals surface area contributed by atoms with Crippen molar-refractivity contribution in [2.45, 2.75) is 6.92 Å². The van der Waals surface area contributed by atoms with E-state index in [4.69, 9.17) is 21.1 Å². The van der Waals surface area contributed by atoms with Crippen LogP contribution < -0.4 is 20.1 Å². The van der Waals surface area contributed by atoms with Crippen LogP contribution in [0.4, 0.5) is 11.4 Å². The van der Waals surface area contributed by atoms with Crippen molar-refractivity contribution in [1.82, 2.24) is 0 Å². The third-order valence-corrected chi connectivity index (χ3v) is 4.49. The number of benzene rings is 3. The number of amides is 2. The highest BCUT2D eigenvalue weighted by Crippen LogP contribution is 2.31. The van der Waals surface area contributed by atoms with Crippen LogP contribution in [0.15, 0.2) is 66.7 Å². The fourth-order valence-electron chi connectivity index (χ4n) is 2.84. The van der Waals surface area contributed by atoms with E-state index in [0.29, 0.717) is 27.9 Å². The van der Waals surface area contributed by atoms with Gasteiger partial charge in [0.2, 0.25) is 5.91 Å². The SMILES string of the molecule is COc1ccc(NC(=O)COc2ccc(-c3ccccc3)cc2Cl)cc1NC(C)=O. The number of halogens is 1. The molecule has 3 aromatic carbocycles. The van der Waals surface area contributed by atoms with Crippen molar-refractivity contribution in [2.75, 3.05) is 24.4 Å². The van der Waals surface area contributed by atoms with Crippen molar-refractivity contribution in [3.63, 3.8) is 0 Å². The Bertz CT molecular complexity index is 1050. The summed E-state index contributed by atoms with van der Waals surface area (Å²) in [6.45, 7) is 1.18. The van der Waals surface area contributed by atoms with Crippen molar-refractivity contribution >= 4 is 34.8 Å². The largest absolute Gasteiger partial charge is 0.495 e. The molecule has 0 aliphatic carbocycles. The highest BCUT2D eigenvalue weighted by Gasteiger charge is 2.11. The predicted molar refractivity (Wildman–Crippen MR) is 118 cm³/mol. The van der Waals surface area contributed by atoms with Crippen molar-refractivity contribution in [1.29, 1.82) is 0 Å². The molecule has 154 valence electrons. The summed E-state index contributed by atoms with van der Waals surface area (Å²) < 4.78 is 10.8. The number of hydrogen-bond acceptors (Lipinski definition) is 4. The molecule has 0 spiro atoms. The van der Waals surface area contributed by atoms with Gasteiger partial charge in [-0.1, -0.05) is 48.0 Å². The number of methoxy groups -OCH3 is 1. The van der Waals surface area contributed by atoms with Gasteiger partial charge >= 0.3 is 0 Å². The lowest BCUT2D eigenvalue weighted by atomic mass is 10.1. The second-order valence-corrected chi connectivity index (χ2v) is 6.85. The Labute approximate surface area is 179 Å². The summed E-state index contributed by atoms with van der Waals surface area (Å²) in [6.07, 6.45) is 0. The molecule has 30 heavy (non-hydrogen) atoms. The van der Waals surface area contributed by atoms with Crippen LogP contribution in [0.3, 0.4) is 0 Å². The Balaban J connectivity index is 1.63. The maximum atomic E-state index is 12.3. The standard InChI is InChI=1S/C23H21ClN2O4/c1-15(27)25-20-13-18(9-11-22(20)29-2)26-23(28)14-30-21-10-8-17(12-19(21)24)16-6-4-3-5-7-16/h3-13H,14H2,1-2H3,(H,25,27)(H,26,28). The van der Waals surface area contributed by atoms with Crippen molar-refractivity contribution < 1.29 is 19.1 Å². The van der Waals surface area contributed by atoms with Crippen LogP contribution in [-0.2, 0) is 9.59 Å². The van der Waals surface area contributed by atoms with Gasteiger partial charge in [-0.25, -0.2) is 0 Å². The molecule has 0 unspecified atom stereocenters. The van der Waals surface area contributed by atoms with Gasteiger partial charge in [0.05, 0.1) is 17.8 Å². The lowest BCUT2D eigenvalue weighted by Gasteiger charge is -2.13. The summed E-state index contributed by atoms with van der Waals surface area (Å²) in [5.41, 5.74) is 2.96. The van der Waals surface area contributed by atoms with Crippen LogP contribution >= 0.6 is 11.6 Å². The molecule has 3 aromatic rings. The van der Waals surface area contributed by atoms with Gasteiger partial charge in [0.1, 0.15) is 11.5 Å². The molecule has 7 heteroatoms. The molecule has 0 aliphatic rings. The average molecular weight is 425 g/mol. The Morgan fingerprint density at radius 2 is 1.63 bits per heavy atom. The molecule has 6 nitrogen and oxygen atoms in total. The zero-order valence-corrected chi connectivity index (χ0v) is 17.3. The maximum Gasteiger partial charge on any atom is 0.262 e. The zero-order chi connectivity index (χ0) is 21.5. The summed E-state index contributed by atoms with van der Waals surface area (Å²) >= 11 is 6.31. The third kappa shape index (κ3) is 5.52. The van der Waals surface area contributed by atoms with Crippen LogP contribution in [0.5, 0.6) is 11.5 Å². The first kappa shape index (κ1) is 21.2. The van der Waals surface area contributed by atoms with Crippen molar-refractivity contribution in [2.24, 2.45) is 0 Å². The minimum Gasteiger partial charge on any atom is -0.495 e. The van der Waals surface area contributed by atoms with Gasteiger partial charge in [-0.15, -0.1) is 0 Å². The second-order valence-electron chi connectivity index (χ2n) is 6.44. The Morgan fingerprint density at radius 3 is 2.30 bits per heavy atom. The maximum absolute atomic E-state index is 12.3. The number of carbonyl (C=O) groups is 2. The molecule has 0 saturated carbocycles. The van der Waals surface area contributed by atoms with Gasteiger partial charge in [0.15, 0.2) is 6.61 Å². The van der Waals surface area contributed by atoms with Crippen LogP contribution in [0, 0.1) is 0 Å². The quantitative estimate of drug-likeness (QED) is 0.560. The molecule has 0 aliphatic heterocycles. The summed E-state index contributed by atoms with van der Waals surface area (Å²) in [7, 11) is 1.50. The number of ether oxygens (including phenoxy) is 2. The topological polar surface area (TPSA) is 76.7 Å². The molecular weight excluding hydrogens is 404 g/mol. The fraction of sp³-hybridized carbons (Fsp3) is 0.130. The summed E-state index contributed by atoms with van der Waals surface area (Å²) in [4.78, 5) is 23.6. The Kier molecular flexibility index (Phi) is 6.93. The smallest absolute Gasteiger partial charge is 0.262 e. The molecule has 2 amide bonds. The molecule has 0 atom stereocenters. The zero-order valence-electron chi connectivity index (χ0n) is 16.6. The van der Waals surface area contributed by atoms with E-state index in [0.717, 1.165) is 11.1 Å². The van der Waals surface area contributed by atoms with Gasteiger partial charge in [-0.2, -0.15) is 0 Å². The molecule has 0 fully saturated rings. The van der Waals surface area contributed by atoms with Crippen molar-refractivity contribution in [3.05, 3.63) is 71.8 Å². The van der Waals surface area contributed by atoms with Gasteiger partial charge in [0.25, 0.3) is 5.91 Å². The minimum atomic E-state index is -0.364. The number of nitrogens with one attached hydrogen (secondary N) is 2. The number of anilines is 2. The first-order chi connectivity index (χ1) is 14.5. The summed E-state index contributed by atoms with van der Waals surface area (Å²) in [5, 5.41) is 5.80. The van der Waals surface area contributed by atoms with E-state index in [9.17, 15) is 9.59 Å². The molecule has 0 bridgehead atoms. The lowest BCUT2D eigenvalue weighted by molar-refractivity contribution is -0.118. The van der Waals surface area contributed by atoms with E-state index in [-0.39, 0.29) is 18.4 Å². The van der Waals surface area contributed by atoms with Crippen LogP contribution in [0.25, 0.3) is 11.1 Å². The van der Waals surface area contributed by atoms with Crippen molar-refractivity contribution in [3.8, 4) is 22.6 Å². The minimum absolute atomic E-state index is 0.216. The molecule has 3 rings (SSSR count). The number of carbonyl (C=O) groups excluding carboxylic acids is 2. The van der Waals surface area contributed by atoms with E-state index in [1.165, 1.54) is 14.0 Å². The molecule has 0 heterocycles. The molecule has 0 aromatic heterocycles.